The Balaban J connectivity index is 0.000000489. The summed E-state index contributed by atoms with van der Waals surface area (Å²) in [7, 11) is 0. The summed E-state index contributed by atoms with van der Waals surface area (Å²) >= 11 is 5.76. The minimum absolute atomic E-state index is 0.0862. The molecule has 6 aromatic rings. The largest absolute Gasteiger partial charge is 0.491 e. The number of rotatable bonds is 27. The summed E-state index contributed by atoms with van der Waals surface area (Å²) in [6, 6.07) is 12.7. The van der Waals surface area contributed by atoms with Crippen LogP contribution in [0.25, 0.3) is 11.5 Å². The molecule has 634 valence electrons. The summed E-state index contributed by atoms with van der Waals surface area (Å²) in [5.74, 6) is -6.56. The lowest BCUT2D eigenvalue weighted by Gasteiger charge is -2.22. The number of carbonyl (C=O) groups excluding carboxylic acids is 5. The number of nitrogen functional groups attached to an aromatic ring is 5. The first-order chi connectivity index (χ1) is 53.0. The lowest BCUT2D eigenvalue weighted by atomic mass is 10.2. The molecule has 0 saturated carbocycles. The zero-order valence-electron chi connectivity index (χ0n) is 66.0. The Morgan fingerprint density at radius 1 is 0.443 bits per heavy atom. The third-order valence-corrected chi connectivity index (χ3v) is 13.0. The molecule has 5 amide bonds. The Kier molecular flexibility index (Phi) is 38.3. The number of nitrogens with one attached hydrogen (secondary N) is 5. The topological polar surface area (TPSA) is 606 Å². The third-order valence-electron chi connectivity index (χ3n) is 12.8. The number of halogens is 3. The van der Waals surface area contributed by atoms with Crippen LogP contribution >= 0.6 is 11.6 Å². The highest BCUT2D eigenvalue weighted by molar-refractivity contribution is 6.30. The van der Waals surface area contributed by atoms with Gasteiger partial charge in [0.15, 0.2) is 35.8 Å². The Morgan fingerprint density at radius 3 is 1.15 bits per heavy atom. The third kappa shape index (κ3) is 41.2. The number of nitrogens with two attached hydrogens (primary N) is 5. The summed E-state index contributed by atoms with van der Waals surface area (Å²) in [5, 5.41) is 60.8. The molecule has 0 spiro atoms. The van der Waals surface area contributed by atoms with Crippen molar-refractivity contribution in [2.45, 2.75) is 175 Å². The van der Waals surface area contributed by atoms with E-state index in [0.29, 0.717) is 45.6 Å². The molecule has 0 aliphatic heterocycles. The fraction of sp³-hybridized carbons (Fsp3) is 0.438. The lowest BCUT2D eigenvalue weighted by Crippen LogP contribution is -2.46. The number of benzene rings is 4. The van der Waals surface area contributed by atoms with Gasteiger partial charge in [0, 0.05) is 41.4 Å². The van der Waals surface area contributed by atoms with E-state index in [0.717, 1.165) is 6.07 Å². The van der Waals surface area contributed by atoms with Crippen molar-refractivity contribution < 1.29 is 134 Å². The molecule has 0 unspecified atom stereocenters. The first-order valence-corrected chi connectivity index (χ1v) is 34.7. The second-order valence-electron chi connectivity index (χ2n) is 28.9. The number of para-hydroxylation sites is 2. The van der Waals surface area contributed by atoms with Crippen molar-refractivity contribution in [1.29, 1.82) is 0 Å². The Bertz CT molecular complexity index is 4260. The molecule has 0 aliphatic rings. The number of hydrogen-bond donors (Lipinski definition) is 15. The zero-order valence-corrected chi connectivity index (χ0v) is 66.7. The number of aliphatic carboxylic acids is 5. The van der Waals surface area contributed by atoms with E-state index in [1.807, 2.05) is 0 Å². The highest BCUT2D eigenvalue weighted by Gasteiger charge is 2.31. The number of carboxylic acids is 5. The highest BCUT2D eigenvalue weighted by Crippen LogP contribution is 2.30. The van der Waals surface area contributed by atoms with Gasteiger partial charge in [-0.25, -0.2) is 56.7 Å². The molecule has 42 heteroatoms. The lowest BCUT2D eigenvalue weighted by molar-refractivity contribution is -0.141. The fourth-order valence-electron chi connectivity index (χ4n) is 7.88. The van der Waals surface area contributed by atoms with Crippen molar-refractivity contribution in [2.24, 2.45) is 0 Å². The molecule has 2 heterocycles. The Labute approximate surface area is 664 Å². The summed E-state index contributed by atoms with van der Waals surface area (Å²) in [6.45, 7) is 25.2. The Hall–Kier alpha value is -13.0. The zero-order chi connectivity index (χ0) is 87.7. The summed E-state index contributed by atoms with van der Waals surface area (Å²) < 4.78 is 82.9. The van der Waals surface area contributed by atoms with Crippen LogP contribution in [0.15, 0.2) is 95.8 Å². The normalized spacial score (nSPS) is 12.3. The molecule has 0 bridgehead atoms. The van der Waals surface area contributed by atoms with Crippen LogP contribution in [0.2, 0.25) is 5.02 Å². The quantitative estimate of drug-likeness (QED) is 0.0169. The molecule has 20 N–H and O–H groups in total. The number of aromatic nitrogens is 3. The smallest absolute Gasteiger partial charge is 0.408 e. The van der Waals surface area contributed by atoms with Crippen molar-refractivity contribution in [2.75, 3.05) is 61.7 Å². The van der Waals surface area contributed by atoms with Gasteiger partial charge in [-0.3, -0.25) is 4.98 Å². The predicted octanol–water partition coefficient (Wildman–Crippen LogP) is 9.20. The van der Waals surface area contributed by atoms with E-state index in [-0.39, 0.29) is 67.2 Å². The van der Waals surface area contributed by atoms with Crippen molar-refractivity contribution in [1.82, 2.24) is 41.7 Å². The van der Waals surface area contributed by atoms with Gasteiger partial charge < -0.3 is 133 Å². The van der Waals surface area contributed by atoms with Gasteiger partial charge in [-0.2, -0.15) is 4.98 Å². The number of pyridine rings is 1. The molecule has 0 radical (unpaired) electrons. The van der Waals surface area contributed by atoms with Crippen LogP contribution in [-0.2, 0) is 47.7 Å². The van der Waals surface area contributed by atoms with Gasteiger partial charge in [0.1, 0.15) is 101 Å². The molecule has 5 atom stereocenters. The predicted molar refractivity (Wildman–Crippen MR) is 411 cm³/mol. The molecule has 39 nitrogen and oxygen atoms in total. The maximum atomic E-state index is 13.3. The van der Waals surface area contributed by atoms with Gasteiger partial charge in [0.05, 0.1) is 35.6 Å². The number of nitrogens with zero attached hydrogens (tertiary/aromatic N) is 3. The first kappa shape index (κ1) is 98.1. The highest BCUT2D eigenvalue weighted by atomic mass is 35.5. The molecular weight excluding hydrogens is 1550 g/mol. The van der Waals surface area contributed by atoms with Gasteiger partial charge in [-0.15, -0.1) is 0 Å². The van der Waals surface area contributed by atoms with E-state index in [1.54, 1.807) is 159 Å². The van der Waals surface area contributed by atoms with E-state index < -0.39 is 142 Å². The SMILES string of the molecule is CC(C)(C)OC(=O)N[C@@H](CCOc1ccccc1N)C(=O)O.CC(C)(C)OC(=O)N[C@@H](COc1cc(F)cc(F)c1N)C(=O)O.CC(C)(C)OC(=O)N[C@@H](COc1ccc(Cl)cc1N)C(=O)O.CC(C)(C)OC(=O)N[C@@H](COc1ccncc1N)C(=O)O.Cc1noc(-c2ccc(OC[C@H](NC(=O)OC(C)(C)C)C(=O)O)c(N)c2)n1. The summed E-state index contributed by atoms with van der Waals surface area (Å²) in [5.41, 5.74) is 26.0. The van der Waals surface area contributed by atoms with Crippen molar-refractivity contribution >= 4 is 100 Å². The number of aryl methyl sites for hydroxylation is 1. The molecule has 6 rings (SSSR count). The number of carboxylic acid groups (broad SMARTS) is 5. The Morgan fingerprint density at radius 2 is 0.800 bits per heavy atom. The molecule has 0 fully saturated rings. The minimum atomic E-state index is -1.49. The molecule has 4 aromatic carbocycles. The number of carbonyl (C=O) groups is 10. The maximum absolute atomic E-state index is 13.3. The first-order valence-electron chi connectivity index (χ1n) is 34.3. The van der Waals surface area contributed by atoms with Gasteiger partial charge >= 0.3 is 60.3 Å². The molecule has 0 saturated heterocycles. The standard InChI is InChI=1S/C17H22N4O6.C15H22N2O5.C14H19ClN2O5.C14H18F2N2O5.C13H19N3O5/c1-9-19-14(27-21-9)10-5-6-13(11(18)7-10)25-8-12(15(22)23)20-16(24)26-17(2,3)4;1-15(2,3)22-14(20)17-11(13(18)19)8-9-21-12-7-5-4-6-10(12)16;1-14(2,3)22-13(20)17-10(12(18)19)7-21-11-5-4-8(15)6-9(11)16;1-14(2,3)23-13(21)18-9(12(19)20)6-22-10-5-7(15)4-8(16)11(10)17;1-13(2,3)21-12(19)16-9(11(17)18)7-20-10-4-5-15-6-8(10)14/h5-7,12H,8,18H2,1-4H3,(H,20,24)(H,22,23);4-7,11H,8-9,16H2,1-3H3,(H,17,20)(H,18,19);4-6,10H,7,16H2,1-3H3,(H,17,20)(H,18,19);4-5,9H,6,17H2,1-3H3,(H,18,21)(H,19,20);4-6,9H,7,14H2,1-3H3,(H,16,19)(H,17,18)/t12-;11-;10-;2*9-/m00000/s1. The van der Waals surface area contributed by atoms with E-state index in [2.05, 4.69) is 41.7 Å². The average Bonchev–Trinajstić information content (AvgIpc) is 1.80. The second-order valence-corrected chi connectivity index (χ2v) is 29.3. The van der Waals surface area contributed by atoms with Gasteiger partial charge in [-0.05, 0) is 159 Å². The number of alkyl carbamates (subject to hydrolysis) is 5. The molecule has 0 aliphatic carbocycles. The van der Waals surface area contributed by atoms with Gasteiger partial charge in [-0.1, -0.05) is 28.9 Å². The van der Waals surface area contributed by atoms with Crippen LogP contribution in [0.4, 0.5) is 61.2 Å². The van der Waals surface area contributed by atoms with Crippen LogP contribution in [0, 0.1) is 18.6 Å². The fourth-order valence-corrected chi connectivity index (χ4v) is 8.06. The minimum Gasteiger partial charge on any atom is -0.491 e. The van der Waals surface area contributed by atoms with E-state index >= 15 is 0 Å². The van der Waals surface area contributed by atoms with Gasteiger partial charge in [0.2, 0.25) is 0 Å². The van der Waals surface area contributed by atoms with Crippen LogP contribution < -0.4 is 78.9 Å². The van der Waals surface area contributed by atoms with E-state index in [4.69, 9.17) is 113 Å². The average molecular weight is 1650 g/mol. The number of anilines is 5. The monoisotopic (exact) mass is 1650 g/mol. The van der Waals surface area contributed by atoms with Crippen LogP contribution in [-0.4, -0.2) is 192 Å². The maximum Gasteiger partial charge on any atom is 0.408 e. The van der Waals surface area contributed by atoms with Crippen LogP contribution in [0.1, 0.15) is 116 Å². The number of hydrogen-bond acceptors (Lipinski definition) is 29. The second kappa shape index (κ2) is 44.9. The molecular formula is C73H100ClF2N13O26. The number of ether oxygens (including phenoxy) is 10. The van der Waals surface area contributed by atoms with Crippen molar-refractivity contribution in [3.05, 3.63) is 114 Å². The van der Waals surface area contributed by atoms with Gasteiger partial charge in [0.25, 0.3) is 5.89 Å². The molecule has 2 aromatic heterocycles. The van der Waals surface area contributed by atoms with Crippen LogP contribution in [0.5, 0.6) is 28.7 Å². The van der Waals surface area contributed by atoms with Crippen molar-refractivity contribution in [3.8, 4) is 40.2 Å². The van der Waals surface area contributed by atoms with Crippen LogP contribution in [0.3, 0.4) is 0 Å². The van der Waals surface area contributed by atoms with E-state index in [1.165, 1.54) is 30.6 Å². The molecule has 115 heavy (non-hydrogen) atoms. The van der Waals surface area contributed by atoms with E-state index in [9.17, 15) is 61.8 Å². The number of amides is 5. The summed E-state index contributed by atoms with van der Waals surface area (Å²) in [6.07, 6.45) is -1.34. The van der Waals surface area contributed by atoms with Crippen molar-refractivity contribution in [3.63, 3.8) is 0 Å². The summed E-state index contributed by atoms with van der Waals surface area (Å²) in [4.78, 5) is 122.